The molecule has 1 rings (SSSR count). The number of aliphatic carboxylic acids is 1. The standard InChI is InChI=1S/C14H20N2O4/c1-9(2)11(8-13(17)18)16-14(19)15-10-6-4-5-7-12(10)20-3/h4-7,9,11H,8H2,1-3H3,(H,17,18)(H2,15,16,19). The Hall–Kier alpha value is -2.24. The molecule has 6 heteroatoms. The van der Waals surface area contributed by atoms with E-state index in [0.717, 1.165) is 0 Å². The first kappa shape index (κ1) is 15.8. The number of carboxylic acid groups (broad SMARTS) is 1. The van der Waals surface area contributed by atoms with E-state index in [2.05, 4.69) is 10.6 Å². The van der Waals surface area contributed by atoms with E-state index in [1.807, 2.05) is 13.8 Å². The van der Waals surface area contributed by atoms with Crippen LogP contribution in [0.4, 0.5) is 10.5 Å². The molecule has 1 aromatic rings. The number of ether oxygens (including phenoxy) is 1. The molecule has 0 spiro atoms. The molecule has 6 nitrogen and oxygen atoms in total. The van der Waals surface area contributed by atoms with Gasteiger partial charge in [0.25, 0.3) is 0 Å². The van der Waals surface area contributed by atoms with Crippen molar-refractivity contribution in [2.24, 2.45) is 5.92 Å². The molecule has 1 atom stereocenters. The average Bonchev–Trinajstić information content (AvgIpc) is 2.37. The summed E-state index contributed by atoms with van der Waals surface area (Å²) in [5.74, 6) is -0.377. The average molecular weight is 280 g/mol. The molecule has 3 N–H and O–H groups in total. The molecule has 0 aliphatic heterocycles. The first-order chi connectivity index (χ1) is 9.43. The molecule has 0 heterocycles. The van der Waals surface area contributed by atoms with Gasteiger partial charge < -0.3 is 20.5 Å². The zero-order chi connectivity index (χ0) is 15.1. The number of hydrogen-bond acceptors (Lipinski definition) is 3. The predicted molar refractivity (Wildman–Crippen MR) is 76.0 cm³/mol. The van der Waals surface area contributed by atoms with Crippen LogP contribution in [0.25, 0.3) is 0 Å². The highest BCUT2D eigenvalue weighted by molar-refractivity contribution is 5.91. The van der Waals surface area contributed by atoms with Crippen LogP contribution in [0.2, 0.25) is 0 Å². The van der Waals surface area contributed by atoms with Crippen LogP contribution in [0.3, 0.4) is 0 Å². The number of hydrogen-bond donors (Lipinski definition) is 3. The van der Waals surface area contributed by atoms with Crippen LogP contribution in [-0.4, -0.2) is 30.3 Å². The fourth-order valence-corrected chi connectivity index (χ4v) is 1.72. The molecule has 0 bridgehead atoms. The lowest BCUT2D eigenvalue weighted by molar-refractivity contribution is -0.137. The van der Waals surface area contributed by atoms with E-state index in [1.54, 1.807) is 24.3 Å². The lowest BCUT2D eigenvalue weighted by Gasteiger charge is -2.21. The van der Waals surface area contributed by atoms with Gasteiger partial charge in [-0.05, 0) is 18.1 Å². The van der Waals surface area contributed by atoms with Crippen molar-refractivity contribution in [2.45, 2.75) is 26.3 Å². The second-order valence-electron chi connectivity index (χ2n) is 4.75. The topological polar surface area (TPSA) is 87.7 Å². The Labute approximate surface area is 118 Å². The Balaban J connectivity index is 2.68. The van der Waals surface area contributed by atoms with Gasteiger partial charge in [0, 0.05) is 6.04 Å². The van der Waals surface area contributed by atoms with Gasteiger partial charge in [-0.3, -0.25) is 4.79 Å². The molecule has 1 aromatic carbocycles. The summed E-state index contributed by atoms with van der Waals surface area (Å²) in [5, 5.41) is 14.1. The number of para-hydroxylation sites is 2. The summed E-state index contributed by atoms with van der Waals surface area (Å²) in [6, 6.07) is 6.13. The Morgan fingerprint density at radius 3 is 2.50 bits per heavy atom. The smallest absolute Gasteiger partial charge is 0.319 e. The zero-order valence-corrected chi connectivity index (χ0v) is 11.8. The van der Waals surface area contributed by atoms with Crippen LogP contribution < -0.4 is 15.4 Å². The van der Waals surface area contributed by atoms with E-state index in [9.17, 15) is 9.59 Å². The Morgan fingerprint density at radius 2 is 1.95 bits per heavy atom. The summed E-state index contributed by atoms with van der Waals surface area (Å²) in [6.45, 7) is 3.72. The molecule has 0 fully saturated rings. The first-order valence-corrected chi connectivity index (χ1v) is 6.36. The van der Waals surface area contributed by atoms with Gasteiger partial charge in [-0.25, -0.2) is 4.79 Å². The number of amides is 2. The van der Waals surface area contributed by atoms with Gasteiger partial charge in [-0.15, -0.1) is 0 Å². The van der Waals surface area contributed by atoms with Crippen molar-refractivity contribution < 1.29 is 19.4 Å². The van der Waals surface area contributed by atoms with Crippen LogP contribution in [0, 0.1) is 5.92 Å². The highest BCUT2D eigenvalue weighted by Crippen LogP contribution is 2.22. The third-order valence-corrected chi connectivity index (χ3v) is 2.87. The Morgan fingerprint density at radius 1 is 1.30 bits per heavy atom. The molecular formula is C14H20N2O4. The van der Waals surface area contributed by atoms with Gasteiger partial charge in [0.2, 0.25) is 0 Å². The molecule has 0 saturated heterocycles. The maximum absolute atomic E-state index is 11.9. The van der Waals surface area contributed by atoms with Crippen molar-refractivity contribution in [1.29, 1.82) is 0 Å². The number of methoxy groups -OCH3 is 1. The molecule has 0 aliphatic rings. The van der Waals surface area contributed by atoms with Crippen molar-refractivity contribution in [3.63, 3.8) is 0 Å². The van der Waals surface area contributed by atoms with Gasteiger partial charge in [0.1, 0.15) is 5.75 Å². The van der Waals surface area contributed by atoms with Crippen molar-refractivity contribution in [1.82, 2.24) is 5.32 Å². The van der Waals surface area contributed by atoms with Crippen molar-refractivity contribution >= 4 is 17.7 Å². The quantitative estimate of drug-likeness (QED) is 0.746. The van der Waals surface area contributed by atoms with Crippen molar-refractivity contribution in [3.8, 4) is 5.75 Å². The monoisotopic (exact) mass is 280 g/mol. The highest BCUT2D eigenvalue weighted by Gasteiger charge is 2.19. The van der Waals surface area contributed by atoms with Gasteiger partial charge in [-0.2, -0.15) is 0 Å². The van der Waals surface area contributed by atoms with E-state index in [4.69, 9.17) is 9.84 Å². The van der Waals surface area contributed by atoms with Crippen LogP contribution in [0.1, 0.15) is 20.3 Å². The van der Waals surface area contributed by atoms with Gasteiger partial charge >= 0.3 is 12.0 Å². The third kappa shape index (κ3) is 4.79. The number of carbonyl (C=O) groups is 2. The summed E-state index contributed by atoms with van der Waals surface area (Å²) in [5.41, 5.74) is 0.533. The summed E-state index contributed by atoms with van der Waals surface area (Å²) >= 11 is 0. The molecule has 2 amide bonds. The highest BCUT2D eigenvalue weighted by atomic mass is 16.5. The van der Waals surface area contributed by atoms with E-state index >= 15 is 0 Å². The lowest BCUT2D eigenvalue weighted by atomic mass is 10.0. The molecular weight excluding hydrogens is 260 g/mol. The number of carbonyl (C=O) groups excluding carboxylic acids is 1. The molecule has 0 radical (unpaired) electrons. The Bertz CT molecular complexity index is 474. The predicted octanol–water partition coefficient (Wildman–Crippen LogP) is 2.32. The SMILES string of the molecule is COc1ccccc1NC(=O)NC(CC(=O)O)C(C)C. The largest absolute Gasteiger partial charge is 0.495 e. The Kier molecular flexibility index (Phi) is 5.83. The fourth-order valence-electron chi connectivity index (χ4n) is 1.72. The summed E-state index contributed by atoms with van der Waals surface area (Å²) in [4.78, 5) is 22.7. The molecule has 0 aromatic heterocycles. The van der Waals surface area contributed by atoms with Gasteiger partial charge in [-0.1, -0.05) is 26.0 Å². The van der Waals surface area contributed by atoms with Crippen LogP contribution in [0.15, 0.2) is 24.3 Å². The second-order valence-corrected chi connectivity index (χ2v) is 4.75. The van der Waals surface area contributed by atoms with E-state index in [-0.39, 0.29) is 12.3 Å². The van der Waals surface area contributed by atoms with E-state index in [0.29, 0.717) is 11.4 Å². The molecule has 0 saturated carbocycles. The van der Waals surface area contributed by atoms with Crippen molar-refractivity contribution in [3.05, 3.63) is 24.3 Å². The minimum Gasteiger partial charge on any atom is -0.495 e. The summed E-state index contributed by atoms with van der Waals surface area (Å²) < 4.78 is 5.13. The minimum atomic E-state index is -0.943. The third-order valence-electron chi connectivity index (χ3n) is 2.87. The number of rotatable bonds is 6. The number of nitrogens with one attached hydrogen (secondary N) is 2. The summed E-state index contributed by atoms with van der Waals surface area (Å²) in [6.07, 6.45) is -0.114. The second kappa shape index (κ2) is 7.37. The van der Waals surface area contributed by atoms with Crippen molar-refractivity contribution in [2.75, 3.05) is 12.4 Å². The van der Waals surface area contributed by atoms with Crippen LogP contribution in [-0.2, 0) is 4.79 Å². The maximum atomic E-state index is 11.9. The molecule has 110 valence electrons. The summed E-state index contributed by atoms with van der Waals surface area (Å²) in [7, 11) is 1.51. The van der Waals surface area contributed by atoms with Gasteiger partial charge in [0.05, 0.1) is 19.2 Å². The first-order valence-electron chi connectivity index (χ1n) is 6.36. The number of benzene rings is 1. The fraction of sp³-hybridized carbons (Fsp3) is 0.429. The molecule has 20 heavy (non-hydrogen) atoms. The van der Waals surface area contributed by atoms with E-state index in [1.165, 1.54) is 7.11 Å². The number of carboxylic acids is 1. The zero-order valence-electron chi connectivity index (χ0n) is 11.8. The van der Waals surface area contributed by atoms with E-state index < -0.39 is 18.0 Å². The van der Waals surface area contributed by atoms with Crippen LogP contribution >= 0.6 is 0 Å². The normalized spacial score (nSPS) is 11.8. The lowest BCUT2D eigenvalue weighted by Crippen LogP contribution is -2.42. The maximum Gasteiger partial charge on any atom is 0.319 e. The number of urea groups is 1. The minimum absolute atomic E-state index is 0.0227. The number of anilines is 1. The molecule has 0 aliphatic carbocycles. The van der Waals surface area contributed by atoms with Gasteiger partial charge in [0.15, 0.2) is 0 Å². The molecule has 1 unspecified atom stereocenters. The van der Waals surface area contributed by atoms with Crippen LogP contribution in [0.5, 0.6) is 5.75 Å².